The molecule has 0 fully saturated rings. The molecular weight excluding hydrogens is 236 g/mol. The fraction of sp³-hybridized carbons (Fsp3) is 0.312. The van der Waals surface area contributed by atoms with Crippen molar-refractivity contribution in [3.05, 3.63) is 46.8 Å². The van der Waals surface area contributed by atoms with Gasteiger partial charge in [0.05, 0.1) is 7.11 Å². The van der Waals surface area contributed by atoms with E-state index in [1.165, 1.54) is 11.1 Å². The molecule has 1 atom stereocenters. The van der Waals surface area contributed by atoms with Crippen LogP contribution in [0.4, 0.5) is 0 Å². The normalized spacial score (nSPS) is 19.2. The Bertz CT molecular complexity index is 582. The molecule has 3 nitrogen and oxygen atoms in total. The molecule has 1 aliphatic heterocycles. The second-order valence-electron chi connectivity index (χ2n) is 4.96. The van der Waals surface area contributed by atoms with Crippen LogP contribution in [0.3, 0.4) is 0 Å². The van der Waals surface area contributed by atoms with Crippen LogP contribution in [0.5, 0.6) is 5.75 Å². The van der Waals surface area contributed by atoms with E-state index >= 15 is 0 Å². The van der Waals surface area contributed by atoms with E-state index in [9.17, 15) is 0 Å². The van der Waals surface area contributed by atoms with E-state index in [0.717, 1.165) is 16.9 Å². The van der Waals surface area contributed by atoms with Gasteiger partial charge in [-0.25, -0.2) is 4.99 Å². The first-order chi connectivity index (χ1) is 9.02. The molecule has 0 spiro atoms. The summed E-state index contributed by atoms with van der Waals surface area (Å²) in [4.78, 5) is 4.34. The minimum absolute atomic E-state index is 0.298. The SMILES string of the molecule is COc1ccc(C)cc1C1=C(N)N=C[C@H](C)C(C)=C1. The number of aliphatic imine (C=N–C) groups is 1. The van der Waals surface area contributed by atoms with Crippen molar-refractivity contribution in [1.29, 1.82) is 0 Å². The number of nitrogens with zero attached hydrogens (tertiary/aromatic N) is 1. The van der Waals surface area contributed by atoms with Gasteiger partial charge < -0.3 is 10.5 Å². The second kappa shape index (κ2) is 5.31. The highest BCUT2D eigenvalue weighted by Crippen LogP contribution is 2.32. The Balaban J connectivity index is 2.63. The molecular formula is C16H20N2O. The van der Waals surface area contributed by atoms with Crippen molar-refractivity contribution in [3.63, 3.8) is 0 Å². The summed E-state index contributed by atoms with van der Waals surface area (Å²) >= 11 is 0. The van der Waals surface area contributed by atoms with Gasteiger partial charge in [0.15, 0.2) is 0 Å². The molecule has 3 heteroatoms. The van der Waals surface area contributed by atoms with Crippen molar-refractivity contribution in [2.45, 2.75) is 20.8 Å². The molecule has 2 N–H and O–H groups in total. The van der Waals surface area contributed by atoms with Crippen molar-refractivity contribution >= 4 is 11.8 Å². The fourth-order valence-corrected chi connectivity index (χ4v) is 2.06. The third kappa shape index (κ3) is 2.70. The molecule has 2 rings (SSSR count). The highest BCUT2D eigenvalue weighted by atomic mass is 16.5. The van der Waals surface area contributed by atoms with Crippen LogP contribution >= 0.6 is 0 Å². The van der Waals surface area contributed by atoms with Gasteiger partial charge in [0, 0.05) is 23.3 Å². The Labute approximate surface area is 114 Å². The topological polar surface area (TPSA) is 47.6 Å². The number of nitrogens with two attached hydrogens (primary N) is 1. The summed E-state index contributed by atoms with van der Waals surface area (Å²) in [7, 11) is 1.67. The van der Waals surface area contributed by atoms with Crippen LogP contribution in [0.2, 0.25) is 0 Å². The lowest BCUT2D eigenvalue weighted by atomic mass is 9.97. The van der Waals surface area contributed by atoms with Gasteiger partial charge in [-0.05, 0) is 26.0 Å². The smallest absolute Gasteiger partial charge is 0.130 e. The molecule has 0 saturated heterocycles. The quantitative estimate of drug-likeness (QED) is 0.882. The van der Waals surface area contributed by atoms with Crippen molar-refractivity contribution < 1.29 is 4.74 Å². The summed E-state index contributed by atoms with van der Waals surface area (Å²) in [6.07, 6.45) is 3.99. The number of hydrogen-bond donors (Lipinski definition) is 1. The minimum atomic E-state index is 0.298. The maximum absolute atomic E-state index is 6.09. The molecule has 0 saturated carbocycles. The van der Waals surface area contributed by atoms with Crippen LogP contribution in [-0.4, -0.2) is 13.3 Å². The van der Waals surface area contributed by atoms with Gasteiger partial charge in [-0.3, -0.25) is 0 Å². The number of benzene rings is 1. The number of ether oxygens (including phenoxy) is 1. The zero-order valence-corrected chi connectivity index (χ0v) is 11.9. The Morgan fingerprint density at radius 2 is 2.00 bits per heavy atom. The van der Waals surface area contributed by atoms with Gasteiger partial charge in [-0.2, -0.15) is 0 Å². The summed E-state index contributed by atoms with van der Waals surface area (Å²) in [5.74, 6) is 1.65. The predicted octanol–water partition coefficient (Wildman–Crippen LogP) is 3.30. The monoisotopic (exact) mass is 256 g/mol. The van der Waals surface area contributed by atoms with Gasteiger partial charge in [-0.15, -0.1) is 0 Å². The minimum Gasteiger partial charge on any atom is -0.496 e. The Kier molecular flexibility index (Phi) is 3.74. The second-order valence-corrected chi connectivity index (χ2v) is 4.96. The van der Waals surface area contributed by atoms with E-state index in [1.54, 1.807) is 7.11 Å². The molecule has 1 aromatic carbocycles. The third-order valence-corrected chi connectivity index (χ3v) is 3.45. The van der Waals surface area contributed by atoms with Crippen LogP contribution < -0.4 is 10.5 Å². The third-order valence-electron chi connectivity index (χ3n) is 3.45. The van der Waals surface area contributed by atoms with Crippen molar-refractivity contribution in [2.24, 2.45) is 16.6 Å². The average molecular weight is 256 g/mol. The lowest BCUT2D eigenvalue weighted by molar-refractivity contribution is 0.413. The van der Waals surface area contributed by atoms with Gasteiger partial charge in [-0.1, -0.05) is 30.2 Å². The summed E-state index contributed by atoms with van der Waals surface area (Å²) < 4.78 is 5.43. The van der Waals surface area contributed by atoms with Gasteiger partial charge in [0.25, 0.3) is 0 Å². The van der Waals surface area contributed by atoms with Crippen LogP contribution in [-0.2, 0) is 0 Å². The summed E-state index contributed by atoms with van der Waals surface area (Å²) in [5.41, 5.74) is 10.4. The standard InChI is InChI=1S/C16H20N2O/c1-10-5-6-15(19-4)13(7-10)14-8-11(2)12(3)9-18-16(14)17/h5-9,12H,17H2,1-4H3/t12-/m0/s1. The van der Waals surface area contributed by atoms with Crippen LogP contribution in [0, 0.1) is 12.8 Å². The molecule has 0 aliphatic carbocycles. The van der Waals surface area contributed by atoms with Crippen LogP contribution in [0.15, 0.2) is 40.7 Å². The zero-order chi connectivity index (χ0) is 14.0. The van der Waals surface area contributed by atoms with E-state index in [2.05, 4.69) is 37.9 Å². The van der Waals surface area contributed by atoms with E-state index in [4.69, 9.17) is 10.5 Å². The maximum atomic E-state index is 6.09. The molecule has 19 heavy (non-hydrogen) atoms. The molecule has 100 valence electrons. The molecule has 1 heterocycles. The van der Waals surface area contributed by atoms with E-state index < -0.39 is 0 Å². The Hall–Kier alpha value is -2.03. The van der Waals surface area contributed by atoms with Gasteiger partial charge >= 0.3 is 0 Å². The number of methoxy groups -OCH3 is 1. The Morgan fingerprint density at radius 1 is 1.26 bits per heavy atom. The van der Waals surface area contributed by atoms with Crippen molar-refractivity contribution in [1.82, 2.24) is 0 Å². The first-order valence-corrected chi connectivity index (χ1v) is 6.40. The average Bonchev–Trinajstić information content (AvgIpc) is 2.52. The lowest BCUT2D eigenvalue weighted by Gasteiger charge is -2.12. The first kappa shape index (κ1) is 13.4. The Morgan fingerprint density at radius 3 is 2.68 bits per heavy atom. The zero-order valence-electron chi connectivity index (χ0n) is 11.9. The maximum Gasteiger partial charge on any atom is 0.130 e. The molecule has 1 aromatic rings. The fourth-order valence-electron chi connectivity index (χ4n) is 2.06. The number of hydrogen-bond acceptors (Lipinski definition) is 3. The van der Waals surface area contributed by atoms with Crippen molar-refractivity contribution in [2.75, 3.05) is 7.11 Å². The molecule has 0 radical (unpaired) electrons. The van der Waals surface area contributed by atoms with Gasteiger partial charge in [0.2, 0.25) is 0 Å². The largest absolute Gasteiger partial charge is 0.496 e. The first-order valence-electron chi connectivity index (χ1n) is 6.40. The molecule has 0 amide bonds. The van der Waals surface area contributed by atoms with Crippen LogP contribution in [0.1, 0.15) is 25.0 Å². The van der Waals surface area contributed by atoms with E-state index in [1.807, 2.05) is 18.3 Å². The summed E-state index contributed by atoms with van der Waals surface area (Å²) in [6, 6.07) is 6.07. The summed E-state index contributed by atoms with van der Waals surface area (Å²) in [5, 5.41) is 0. The molecule has 0 bridgehead atoms. The molecule has 0 unspecified atom stereocenters. The van der Waals surface area contributed by atoms with E-state index in [0.29, 0.717) is 11.7 Å². The van der Waals surface area contributed by atoms with Crippen molar-refractivity contribution in [3.8, 4) is 5.75 Å². The number of rotatable bonds is 2. The van der Waals surface area contributed by atoms with Gasteiger partial charge in [0.1, 0.15) is 11.6 Å². The lowest BCUT2D eigenvalue weighted by Crippen LogP contribution is -2.00. The highest BCUT2D eigenvalue weighted by molar-refractivity contribution is 5.84. The molecule has 0 aromatic heterocycles. The van der Waals surface area contributed by atoms with E-state index in [-0.39, 0.29) is 0 Å². The number of aryl methyl sites for hydroxylation is 1. The number of allylic oxidation sites excluding steroid dienone is 3. The predicted molar refractivity (Wildman–Crippen MR) is 80.3 cm³/mol. The summed E-state index contributed by atoms with van der Waals surface area (Å²) in [6.45, 7) is 6.26. The highest BCUT2D eigenvalue weighted by Gasteiger charge is 2.14. The molecule has 1 aliphatic rings. The van der Waals surface area contributed by atoms with Crippen LogP contribution in [0.25, 0.3) is 5.57 Å².